The highest BCUT2D eigenvalue weighted by Gasteiger charge is 2.32. The molecule has 2 aromatic carbocycles. The molecule has 1 atom stereocenters. The number of rotatable bonds is 7. The summed E-state index contributed by atoms with van der Waals surface area (Å²) >= 11 is 0. The largest absolute Gasteiger partial charge is 0.496 e. The number of ether oxygens (including phenoxy) is 1. The molecule has 1 N–H and O–H groups in total. The average molecular weight is 425 g/mol. The van der Waals surface area contributed by atoms with E-state index in [0.29, 0.717) is 23.3 Å². The fraction of sp³-hybridized carbons (Fsp3) is 0.462. The molecule has 0 aliphatic carbocycles. The van der Waals surface area contributed by atoms with Crippen molar-refractivity contribution in [1.29, 1.82) is 0 Å². The molecule has 0 saturated carbocycles. The standard InChI is InChI=1S/C26H36N2O3/c1-9-20-21(12-11-13-22(20)31-8)25(30)28(27-23(10-2)26(5,6)7)24(29)19-15-17(3)14-18(4)16-19/h11-16,23,27H,9-10H2,1-8H3. The number of hydrogen-bond acceptors (Lipinski definition) is 4. The molecule has 0 heterocycles. The third-order valence-corrected chi connectivity index (χ3v) is 5.55. The van der Waals surface area contributed by atoms with Crippen LogP contribution in [0.5, 0.6) is 5.75 Å². The minimum Gasteiger partial charge on any atom is -0.496 e. The average Bonchev–Trinajstić information content (AvgIpc) is 2.71. The second-order valence-electron chi connectivity index (χ2n) is 9.12. The molecule has 5 nitrogen and oxygen atoms in total. The highest BCUT2D eigenvalue weighted by molar-refractivity contribution is 6.10. The fourth-order valence-electron chi connectivity index (χ4n) is 3.93. The Kier molecular flexibility index (Phi) is 8.02. The number of nitrogens with one attached hydrogen (secondary N) is 1. The van der Waals surface area contributed by atoms with Crippen LogP contribution in [0.3, 0.4) is 0 Å². The van der Waals surface area contributed by atoms with Crippen molar-refractivity contribution in [3.8, 4) is 5.75 Å². The van der Waals surface area contributed by atoms with E-state index in [0.717, 1.165) is 23.1 Å². The van der Waals surface area contributed by atoms with Gasteiger partial charge in [-0.05, 0) is 56.4 Å². The third kappa shape index (κ3) is 5.73. The number of nitrogens with zero attached hydrogens (tertiary/aromatic N) is 1. The van der Waals surface area contributed by atoms with Gasteiger partial charge >= 0.3 is 0 Å². The van der Waals surface area contributed by atoms with Crippen LogP contribution in [0, 0.1) is 19.3 Å². The normalized spacial score (nSPS) is 12.4. The summed E-state index contributed by atoms with van der Waals surface area (Å²) in [6, 6.07) is 11.0. The predicted molar refractivity (Wildman–Crippen MR) is 125 cm³/mol. The van der Waals surface area contributed by atoms with Crippen molar-refractivity contribution >= 4 is 11.8 Å². The first-order chi connectivity index (χ1) is 14.5. The lowest BCUT2D eigenvalue weighted by atomic mass is 9.85. The van der Waals surface area contributed by atoms with Gasteiger partial charge in [-0.15, -0.1) is 0 Å². The fourth-order valence-corrected chi connectivity index (χ4v) is 3.93. The smallest absolute Gasteiger partial charge is 0.275 e. The van der Waals surface area contributed by atoms with Crippen molar-refractivity contribution < 1.29 is 14.3 Å². The molecule has 2 amide bonds. The maximum Gasteiger partial charge on any atom is 0.275 e. The van der Waals surface area contributed by atoms with Crippen LogP contribution in [0.4, 0.5) is 0 Å². The van der Waals surface area contributed by atoms with Gasteiger partial charge in [0.05, 0.1) is 7.11 Å². The van der Waals surface area contributed by atoms with Gasteiger partial charge in [0.2, 0.25) is 0 Å². The molecule has 31 heavy (non-hydrogen) atoms. The van der Waals surface area contributed by atoms with Gasteiger partial charge in [-0.3, -0.25) is 9.59 Å². The molecule has 1 unspecified atom stereocenters. The molecule has 0 saturated heterocycles. The van der Waals surface area contributed by atoms with Crippen molar-refractivity contribution in [2.75, 3.05) is 7.11 Å². The maximum atomic E-state index is 13.7. The summed E-state index contributed by atoms with van der Waals surface area (Å²) in [5.74, 6) is -0.0815. The molecule has 168 valence electrons. The Morgan fingerprint density at radius 1 is 1.03 bits per heavy atom. The van der Waals surface area contributed by atoms with Crippen LogP contribution in [0.1, 0.15) is 78.4 Å². The Hall–Kier alpha value is -2.66. The van der Waals surface area contributed by atoms with Crippen LogP contribution >= 0.6 is 0 Å². The van der Waals surface area contributed by atoms with Gasteiger partial charge in [0.15, 0.2) is 0 Å². The van der Waals surface area contributed by atoms with E-state index in [4.69, 9.17) is 4.74 Å². The maximum absolute atomic E-state index is 13.7. The monoisotopic (exact) mass is 424 g/mol. The first-order valence-electron chi connectivity index (χ1n) is 10.9. The number of hydrogen-bond donors (Lipinski definition) is 1. The van der Waals surface area contributed by atoms with Crippen molar-refractivity contribution in [2.24, 2.45) is 5.41 Å². The molecule has 2 rings (SSSR count). The van der Waals surface area contributed by atoms with Crippen molar-refractivity contribution in [3.05, 3.63) is 64.2 Å². The predicted octanol–water partition coefficient (Wildman–Crippen LogP) is 5.49. The molecule has 2 aromatic rings. The van der Waals surface area contributed by atoms with Gasteiger partial charge in [-0.25, -0.2) is 10.4 Å². The Morgan fingerprint density at radius 3 is 2.13 bits per heavy atom. The van der Waals surface area contributed by atoms with Gasteiger partial charge in [-0.1, -0.05) is 57.9 Å². The van der Waals surface area contributed by atoms with E-state index < -0.39 is 0 Å². The summed E-state index contributed by atoms with van der Waals surface area (Å²) in [6.45, 7) is 14.2. The quantitative estimate of drug-likeness (QED) is 0.472. The molecule has 5 heteroatoms. The van der Waals surface area contributed by atoms with Crippen LogP contribution < -0.4 is 10.2 Å². The minimum atomic E-state index is -0.373. The number of methoxy groups -OCH3 is 1. The summed E-state index contributed by atoms with van der Waals surface area (Å²) in [6.07, 6.45) is 1.39. The first kappa shape index (κ1) is 24.6. The van der Waals surface area contributed by atoms with Crippen LogP contribution in [0.25, 0.3) is 0 Å². The second kappa shape index (κ2) is 10.1. The van der Waals surface area contributed by atoms with Crippen LogP contribution in [0.2, 0.25) is 0 Å². The number of amides is 2. The zero-order valence-electron chi connectivity index (χ0n) is 20.1. The van der Waals surface area contributed by atoms with Crippen molar-refractivity contribution in [2.45, 2.75) is 67.3 Å². The molecule has 0 fully saturated rings. The second-order valence-corrected chi connectivity index (χ2v) is 9.12. The van der Waals surface area contributed by atoms with E-state index in [1.807, 2.05) is 45.0 Å². The van der Waals surface area contributed by atoms with Gasteiger partial charge in [0.1, 0.15) is 5.75 Å². The van der Waals surface area contributed by atoms with E-state index >= 15 is 0 Å². The summed E-state index contributed by atoms with van der Waals surface area (Å²) < 4.78 is 5.46. The summed E-state index contributed by atoms with van der Waals surface area (Å²) in [5.41, 5.74) is 6.83. The summed E-state index contributed by atoms with van der Waals surface area (Å²) in [7, 11) is 1.59. The Bertz CT molecular complexity index is 924. The van der Waals surface area contributed by atoms with Gasteiger partial charge in [0.25, 0.3) is 11.8 Å². The first-order valence-corrected chi connectivity index (χ1v) is 10.9. The Morgan fingerprint density at radius 2 is 1.65 bits per heavy atom. The summed E-state index contributed by atoms with van der Waals surface area (Å²) in [4.78, 5) is 27.4. The Labute approximate surface area is 186 Å². The van der Waals surface area contributed by atoms with Gasteiger partial charge in [0, 0.05) is 22.7 Å². The molecular weight excluding hydrogens is 388 g/mol. The van der Waals surface area contributed by atoms with E-state index in [1.54, 1.807) is 19.2 Å². The van der Waals surface area contributed by atoms with Crippen molar-refractivity contribution in [1.82, 2.24) is 10.4 Å². The van der Waals surface area contributed by atoms with Gasteiger partial charge < -0.3 is 4.74 Å². The zero-order valence-corrected chi connectivity index (χ0v) is 20.1. The van der Waals surface area contributed by atoms with Crippen LogP contribution in [-0.4, -0.2) is 30.0 Å². The number of benzene rings is 2. The van der Waals surface area contributed by atoms with Crippen LogP contribution in [0.15, 0.2) is 36.4 Å². The number of hydrazine groups is 1. The molecule has 0 spiro atoms. The van der Waals surface area contributed by atoms with Crippen molar-refractivity contribution in [3.63, 3.8) is 0 Å². The Balaban J connectivity index is 2.59. The lowest BCUT2D eigenvalue weighted by Crippen LogP contribution is -2.55. The molecule has 0 aliphatic rings. The molecular formula is C26H36N2O3. The zero-order chi connectivity index (χ0) is 23.3. The molecule has 0 bridgehead atoms. The SMILES string of the molecule is CCc1c(OC)cccc1C(=O)N(NC(CC)C(C)(C)C)C(=O)c1cc(C)cc(C)c1. The highest BCUT2D eigenvalue weighted by Crippen LogP contribution is 2.26. The van der Waals surface area contributed by atoms with Crippen LogP contribution in [-0.2, 0) is 6.42 Å². The lowest BCUT2D eigenvalue weighted by Gasteiger charge is -2.35. The minimum absolute atomic E-state index is 0.0676. The van der Waals surface area contributed by atoms with E-state index in [9.17, 15) is 9.59 Å². The highest BCUT2D eigenvalue weighted by atomic mass is 16.5. The molecule has 0 radical (unpaired) electrons. The third-order valence-electron chi connectivity index (χ3n) is 5.55. The summed E-state index contributed by atoms with van der Waals surface area (Å²) in [5, 5.41) is 1.20. The lowest BCUT2D eigenvalue weighted by molar-refractivity contribution is 0.0429. The van der Waals surface area contributed by atoms with E-state index in [2.05, 4.69) is 33.1 Å². The van der Waals surface area contributed by atoms with E-state index in [1.165, 1.54) is 5.01 Å². The number of carbonyl (C=O) groups excluding carboxylic acids is 2. The topological polar surface area (TPSA) is 58.6 Å². The van der Waals surface area contributed by atoms with E-state index in [-0.39, 0.29) is 23.3 Å². The molecule has 0 aliphatic heterocycles. The number of carbonyl (C=O) groups is 2. The number of imide groups is 1. The van der Waals surface area contributed by atoms with Gasteiger partial charge in [-0.2, -0.15) is 0 Å². The number of aryl methyl sites for hydroxylation is 2. The molecule has 0 aromatic heterocycles.